The van der Waals surface area contributed by atoms with Gasteiger partial charge in [-0.2, -0.15) is 0 Å². The molecule has 1 amide bonds. The van der Waals surface area contributed by atoms with E-state index in [1.807, 2.05) is 0 Å². The van der Waals surface area contributed by atoms with Crippen molar-refractivity contribution in [2.24, 2.45) is 0 Å². The van der Waals surface area contributed by atoms with E-state index in [1.165, 1.54) is 31.4 Å². The number of fused-ring (bicyclic) bond motifs is 1. The number of anilines is 1. The molecule has 0 saturated carbocycles. The minimum atomic E-state index is -1.11. The monoisotopic (exact) mass is 347 g/mol. The van der Waals surface area contributed by atoms with Crippen LogP contribution in [-0.2, 0) is 4.79 Å². The van der Waals surface area contributed by atoms with Crippen LogP contribution in [-0.4, -0.2) is 26.2 Å². The molecule has 25 heavy (non-hydrogen) atoms. The zero-order chi connectivity index (χ0) is 17.8. The lowest BCUT2D eigenvalue weighted by atomic mass is 10.1. The molecule has 1 aliphatic rings. The molecule has 0 aromatic heterocycles. The van der Waals surface area contributed by atoms with E-state index >= 15 is 0 Å². The Kier molecular flexibility index (Phi) is 4.83. The molecular formula is C18H15F2NO4. The van der Waals surface area contributed by atoms with Crippen molar-refractivity contribution in [2.75, 3.05) is 25.6 Å². The van der Waals surface area contributed by atoms with Gasteiger partial charge < -0.3 is 19.5 Å². The Morgan fingerprint density at radius 3 is 2.84 bits per heavy atom. The lowest BCUT2D eigenvalue weighted by Crippen LogP contribution is -2.16. The van der Waals surface area contributed by atoms with E-state index in [-0.39, 0.29) is 5.69 Å². The third-order valence-corrected chi connectivity index (χ3v) is 3.49. The summed E-state index contributed by atoms with van der Waals surface area (Å²) in [6.45, 7) is 0.850. The third kappa shape index (κ3) is 3.71. The first kappa shape index (κ1) is 16.8. The van der Waals surface area contributed by atoms with E-state index in [0.717, 1.165) is 6.07 Å². The maximum Gasteiger partial charge on any atom is 0.248 e. The van der Waals surface area contributed by atoms with Gasteiger partial charge in [-0.25, -0.2) is 8.78 Å². The van der Waals surface area contributed by atoms with Gasteiger partial charge in [-0.1, -0.05) is 6.07 Å². The molecule has 0 atom stereocenters. The fourth-order valence-corrected chi connectivity index (χ4v) is 2.34. The highest BCUT2D eigenvalue weighted by atomic mass is 19.2. The summed E-state index contributed by atoms with van der Waals surface area (Å²) < 4.78 is 43.0. The highest BCUT2D eigenvalue weighted by Gasteiger charge is 2.18. The van der Waals surface area contributed by atoms with Crippen molar-refractivity contribution in [1.29, 1.82) is 0 Å². The normalized spacial score (nSPS) is 12.9. The number of halogens is 2. The highest BCUT2D eigenvalue weighted by Crippen LogP contribution is 2.40. The maximum atomic E-state index is 13.6. The number of benzene rings is 2. The molecule has 3 rings (SSSR count). The molecule has 5 nitrogen and oxygen atoms in total. The molecule has 130 valence electrons. The van der Waals surface area contributed by atoms with Gasteiger partial charge in [-0.05, 0) is 35.9 Å². The Morgan fingerprint density at radius 1 is 1.24 bits per heavy atom. The predicted octanol–water partition coefficient (Wildman–Crippen LogP) is 3.40. The molecule has 0 saturated heterocycles. The molecule has 0 radical (unpaired) electrons. The molecule has 0 aliphatic carbocycles. The summed E-state index contributed by atoms with van der Waals surface area (Å²) in [4.78, 5) is 11.9. The first-order chi connectivity index (χ1) is 12.1. The smallest absolute Gasteiger partial charge is 0.248 e. The minimum Gasteiger partial charge on any atom is -0.493 e. The van der Waals surface area contributed by atoms with Crippen molar-refractivity contribution >= 4 is 17.7 Å². The van der Waals surface area contributed by atoms with Crippen LogP contribution in [0.2, 0.25) is 0 Å². The van der Waals surface area contributed by atoms with Crippen LogP contribution in [0, 0.1) is 11.6 Å². The minimum absolute atomic E-state index is 0.227. The first-order valence-electron chi connectivity index (χ1n) is 7.49. The molecular weight excluding hydrogens is 332 g/mol. The van der Waals surface area contributed by atoms with Crippen molar-refractivity contribution in [1.82, 2.24) is 0 Å². The summed E-state index contributed by atoms with van der Waals surface area (Å²) in [6, 6.07) is 6.94. The number of carbonyl (C=O) groups excluding carboxylic acids is 1. The quantitative estimate of drug-likeness (QED) is 0.862. The van der Waals surface area contributed by atoms with Crippen LogP contribution in [0.5, 0.6) is 17.2 Å². The van der Waals surface area contributed by atoms with Gasteiger partial charge in [0, 0.05) is 6.08 Å². The molecule has 0 spiro atoms. The van der Waals surface area contributed by atoms with E-state index in [2.05, 4.69) is 5.32 Å². The van der Waals surface area contributed by atoms with Crippen molar-refractivity contribution in [3.63, 3.8) is 0 Å². The number of ether oxygens (including phenoxy) is 3. The average molecular weight is 347 g/mol. The maximum absolute atomic E-state index is 13.6. The van der Waals surface area contributed by atoms with E-state index in [1.54, 1.807) is 12.1 Å². The van der Waals surface area contributed by atoms with Gasteiger partial charge in [0.1, 0.15) is 13.2 Å². The van der Waals surface area contributed by atoms with Crippen LogP contribution in [0.4, 0.5) is 14.5 Å². The van der Waals surface area contributed by atoms with Crippen molar-refractivity contribution < 1.29 is 27.8 Å². The summed E-state index contributed by atoms with van der Waals surface area (Å²) in [6.07, 6.45) is 2.71. The Labute approximate surface area is 142 Å². The summed E-state index contributed by atoms with van der Waals surface area (Å²) in [7, 11) is 1.50. The van der Waals surface area contributed by atoms with Crippen molar-refractivity contribution in [3.8, 4) is 17.2 Å². The second-order valence-electron chi connectivity index (χ2n) is 5.17. The van der Waals surface area contributed by atoms with Gasteiger partial charge in [-0.3, -0.25) is 4.79 Å². The summed E-state index contributed by atoms with van der Waals surface area (Å²) in [5, 5.41) is 2.28. The molecule has 0 bridgehead atoms. The third-order valence-electron chi connectivity index (χ3n) is 3.49. The second kappa shape index (κ2) is 7.21. The molecule has 0 unspecified atom stereocenters. The average Bonchev–Trinajstić information content (AvgIpc) is 2.63. The van der Waals surface area contributed by atoms with Crippen LogP contribution in [0.25, 0.3) is 6.08 Å². The molecule has 2 aromatic rings. The van der Waals surface area contributed by atoms with Crippen molar-refractivity contribution in [3.05, 3.63) is 53.6 Å². The van der Waals surface area contributed by atoms with E-state index in [0.29, 0.717) is 36.0 Å². The van der Waals surface area contributed by atoms with E-state index in [4.69, 9.17) is 14.2 Å². The predicted molar refractivity (Wildman–Crippen MR) is 88.0 cm³/mol. The molecule has 1 N–H and O–H groups in total. The van der Waals surface area contributed by atoms with Crippen LogP contribution in [0.1, 0.15) is 5.56 Å². The standard InChI is InChI=1S/C18H15F2NO4/c1-23-14-9-11(10-15-18(14)25-8-7-24-15)5-6-16(22)21-13-4-2-3-12(19)17(13)20/h2-6,9-10H,7-8H2,1H3,(H,21,22). The lowest BCUT2D eigenvalue weighted by molar-refractivity contribution is -0.111. The van der Waals surface area contributed by atoms with Crippen LogP contribution < -0.4 is 19.5 Å². The zero-order valence-corrected chi connectivity index (χ0v) is 13.3. The number of rotatable bonds is 4. The second-order valence-corrected chi connectivity index (χ2v) is 5.17. The first-order valence-corrected chi connectivity index (χ1v) is 7.49. The lowest BCUT2D eigenvalue weighted by Gasteiger charge is -2.20. The molecule has 1 heterocycles. The van der Waals surface area contributed by atoms with Crippen LogP contribution in [0.3, 0.4) is 0 Å². The molecule has 1 aliphatic heterocycles. The Bertz CT molecular complexity index is 819. The van der Waals surface area contributed by atoms with Gasteiger partial charge in [-0.15, -0.1) is 0 Å². The van der Waals surface area contributed by atoms with E-state index < -0.39 is 17.5 Å². The Balaban J connectivity index is 1.77. The van der Waals surface area contributed by atoms with Crippen LogP contribution in [0.15, 0.2) is 36.4 Å². The number of hydrogen-bond donors (Lipinski definition) is 1. The Morgan fingerprint density at radius 2 is 2.04 bits per heavy atom. The number of amides is 1. The fraction of sp³-hybridized carbons (Fsp3) is 0.167. The number of carbonyl (C=O) groups is 1. The number of hydrogen-bond acceptors (Lipinski definition) is 4. The highest BCUT2D eigenvalue weighted by molar-refractivity contribution is 6.02. The Hall–Kier alpha value is -3.09. The zero-order valence-electron chi connectivity index (χ0n) is 13.3. The molecule has 7 heteroatoms. The van der Waals surface area contributed by atoms with Gasteiger partial charge in [0.25, 0.3) is 0 Å². The van der Waals surface area contributed by atoms with Gasteiger partial charge in [0.2, 0.25) is 11.7 Å². The summed E-state index contributed by atoms with van der Waals surface area (Å²) in [5.74, 6) is -1.23. The van der Waals surface area contributed by atoms with Crippen LogP contribution >= 0.6 is 0 Å². The number of nitrogens with one attached hydrogen (secondary N) is 1. The largest absolute Gasteiger partial charge is 0.493 e. The van der Waals surface area contributed by atoms with Gasteiger partial charge in [0.15, 0.2) is 23.1 Å². The van der Waals surface area contributed by atoms with Gasteiger partial charge in [0.05, 0.1) is 12.8 Å². The topological polar surface area (TPSA) is 56.8 Å². The SMILES string of the molecule is COc1cc(C=CC(=O)Nc2cccc(F)c2F)cc2c1OCCO2. The van der Waals surface area contributed by atoms with Gasteiger partial charge >= 0.3 is 0 Å². The molecule has 0 fully saturated rings. The summed E-state index contributed by atoms with van der Waals surface area (Å²) in [5.41, 5.74) is 0.408. The van der Waals surface area contributed by atoms with E-state index in [9.17, 15) is 13.6 Å². The fourth-order valence-electron chi connectivity index (χ4n) is 2.34. The van der Waals surface area contributed by atoms with Crippen molar-refractivity contribution in [2.45, 2.75) is 0 Å². The molecule has 2 aromatic carbocycles. The summed E-state index contributed by atoms with van der Waals surface area (Å²) >= 11 is 0. The number of methoxy groups -OCH3 is 1.